The molecule has 0 aliphatic carbocycles. The maximum Gasteiger partial charge on any atom is 0.178 e. The lowest BCUT2D eigenvalue weighted by atomic mass is 10.1. The maximum absolute atomic E-state index is 12.3. The molecule has 1 nitrogen and oxygen atoms in total. The van der Waals surface area contributed by atoms with E-state index in [-0.39, 0.29) is 11.0 Å². The number of rotatable bonds is 2. The predicted octanol–water partition coefficient (Wildman–Crippen LogP) is 3.76. The van der Waals surface area contributed by atoms with Gasteiger partial charge in [-0.15, -0.1) is 11.8 Å². The summed E-state index contributed by atoms with van der Waals surface area (Å²) in [6.07, 6.45) is 0. The Balaban J connectivity index is 2.21. The average Bonchev–Trinajstić information content (AvgIpc) is 2.29. The van der Waals surface area contributed by atoms with Gasteiger partial charge in [-0.1, -0.05) is 30.7 Å². The summed E-state index contributed by atoms with van der Waals surface area (Å²) in [5, 5.41) is 0.997. The first-order chi connectivity index (χ1) is 7.70. The Morgan fingerprint density at radius 1 is 1.31 bits per heavy atom. The van der Waals surface area contributed by atoms with Crippen molar-refractivity contribution in [3.63, 3.8) is 0 Å². The van der Waals surface area contributed by atoms with Crippen LogP contribution in [0.4, 0.5) is 0 Å². The molecule has 0 N–H and O–H groups in total. The summed E-state index contributed by atoms with van der Waals surface area (Å²) in [5.41, 5.74) is 0.663. The summed E-state index contributed by atoms with van der Waals surface area (Å²) in [5.74, 6) is 2.36. The molecule has 1 aromatic rings. The Morgan fingerprint density at radius 2 is 2.00 bits per heavy atom. The zero-order chi connectivity index (χ0) is 11.5. The Morgan fingerprint density at radius 3 is 2.69 bits per heavy atom. The minimum Gasteiger partial charge on any atom is -0.293 e. The third-order valence-corrected chi connectivity index (χ3v) is 6.00. The minimum atomic E-state index is 0.0543. The van der Waals surface area contributed by atoms with Crippen LogP contribution in [-0.4, -0.2) is 27.8 Å². The third kappa shape index (κ3) is 2.58. The Bertz CT molecular complexity index is 394. The largest absolute Gasteiger partial charge is 0.293 e. The van der Waals surface area contributed by atoms with Crippen LogP contribution in [0.5, 0.6) is 0 Å². The lowest BCUT2D eigenvalue weighted by molar-refractivity contribution is 0.0989. The molecule has 1 aliphatic rings. The predicted molar refractivity (Wildman–Crippen MR) is 73.9 cm³/mol. The molecule has 1 aromatic carbocycles. The third-order valence-electron chi connectivity index (χ3n) is 2.59. The van der Waals surface area contributed by atoms with Gasteiger partial charge in [0.25, 0.3) is 0 Å². The average molecular weight is 273 g/mol. The van der Waals surface area contributed by atoms with Crippen molar-refractivity contribution >= 4 is 40.9 Å². The Kier molecular flexibility index (Phi) is 4.22. The van der Waals surface area contributed by atoms with Gasteiger partial charge in [-0.05, 0) is 12.1 Å². The normalized spacial score (nSPS) is 25.4. The molecule has 0 aromatic heterocycles. The molecule has 0 saturated carbocycles. The molecule has 1 saturated heterocycles. The highest BCUT2D eigenvalue weighted by atomic mass is 35.5. The van der Waals surface area contributed by atoms with Crippen molar-refractivity contribution in [2.75, 3.05) is 11.5 Å². The van der Waals surface area contributed by atoms with Crippen molar-refractivity contribution in [1.82, 2.24) is 0 Å². The molecule has 0 radical (unpaired) electrons. The van der Waals surface area contributed by atoms with E-state index in [1.165, 1.54) is 0 Å². The van der Waals surface area contributed by atoms with E-state index in [0.717, 1.165) is 11.5 Å². The van der Waals surface area contributed by atoms with Gasteiger partial charge in [0.1, 0.15) is 0 Å². The van der Waals surface area contributed by atoms with Gasteiger partial charge in [0.05, 0.1) is 10.3 Å². The van der Waals surface area contributed by atoms with Gasteiger partial charge in [0.2, 0.25) is 0 Å². The molecule has 1 aliphatic heterocycles. The van der Waals surface area contributed by atoms with Crippen LogP contribution < -0.4 is 0 Å². The van der Waals surface area contributed by atoms with Crippen LogP contribution in [0.3, 0.4) is 0 Å². The van der Waals surface area contributed by atoms with E-state index in [1.54, 1.807) is 17.8 Å². The molecular weight excluding hydrogens is 260 g/mol. The first kappa shape index (κ1) is 12.3. The number of ketones is 1. The molecule has 1 heterocycles. The highest BCUT2D eigenvalue weighted by molar-refractivity contribution is 8.07. The number of Topliss-reactive ketones (excluding diaryl/α,β-unsaturated/α-hetero) is 1. The fraction of sp³-hybridized carbons (Fsp3) is 0.417. The summed E-state index contributed by atoms with van der Waals surface area (Å²) in [7, 11) is 0. The van der Waals surface area contributed by atoms with E-state index in [0.29, 0.717) is 15.8 Å². The maximum atomic E-state index is 12.3. The number of carbonyl (C=O) groups excluding carboxylic acids is 1. The Labute approximate surface area is 109 Å². The highest BCUT2D eigenvalue weighted by Crippen LogP contribution is 2.34. The van der Waals surface area contributed by atoms with E-state index < -0.39 is 0 Å². The molecule has 0 bridgehead atoms. The van der Waals surface area contributed by atoms with Crippen LogP contribution in [0.2, 0.25) is 5.02 Å². The van der Waals surface area contributed by atoms with Crippen LogP contribution >= 0.6 is 35.1 Å². The lowest BCUT2D eigenvalue weighted by Crippen LogP contribution is -2.31. The second-order valence-corrected chi connectivity index (χ2v) is 6.85. The molecule has 0 amide bonds. The van der Waals surface area contributed by atoms with Crippen LogP contribution in [-0.2, 0) is 0 Å². The van der Waals surface area contributed by atoms with E-state index in [2.05, 4.69) is 6.92 Å². The van der Waals surface area contributed by atoms with Crippen molar-refractivity contribution in [2.24, 2.45) is 0 Å². The van der Waals surface area contributed by atoms with Crippen LogP contribution in [0.1, 0.15) is 17.3 Å². The van der Waals surface area contributed by atoms with Crippen molar-refractivity contribution in [1.29, 1.82) is 0 Å². The zero-order valence-corrected chi connectivity index (χ0v) is 11.4. The van der Waals surface area contributed by atoms with Gasteiger partial charge in [-0.25, -0.2) is 0 Å². The number of hydrogen-bond donors (Lipinski definition) is 0. The molecule has 4 heteroatoms. The van der Waals surface area contributed by atoms with Crippen LogP contribution in [0.25, 0.3) is 0 Å². The van der Waals surface area contributed by atoms with E-state index in [4.69, 9.17) is 11.6 Å². The van der Waals surface area contributed by atoms with Crippen molar-refractivity contribution in [3.8, 4) is 0 Å². The number of carbonyl (C=O) groups is 1. The number of thioether (sulfide) groups is 2. The first-order valence-corrected chi connectivity index (χ1v) is 7.69. The quantitative estimate of drug-likeness (QED) is 0.763. The number of halogens is 1. The van der Waals surface area contributed by atoms with Gasteiger partial charge < -0.3 is 0 Å². The van der Waals surface area contributed by atoms with Crippen LogP contribution in [0.15, 0.2) is 24.3 Å². The highest BCUT2D eigenvalue weighted by Gasteiger charge is 2.30. The molecule has 2 rings (SSSR count). The summed E-state index contributed by atoms with van der Waals surface area (Å²) < 4.78 is 0. The summed E-state index contributed by atoms with van der Waals surface area (Å²) in [6.45, 7) is 2.12. The van der Waals surface area contributed by atoms with Crippen molar-refractivity contribution in [2.45, 2.75) is 17.4 Å². The molecule has 86 valence electrons. The molecule has 0 spiro atoms. The fourth-order valence-corrected chi connectivity index (χ4v) is 4.68. The van der Waals surface area contributed by atoms with Gasteiger partial charge in [-0.3, -0.25) is 4.79 Å². The second-order valence-electron chi connectivity index (χ2n) is 3.71. The zero-order valence-electron chi connectivity index (χ0n) is 8.98. The topological polar surface area (TPSA) is 17.1 Å². The SMILES string of the molecule is CC1SCCSC1C(=O)c1ccccc1Cl. The fourth-order valence-electron chi connectivity index (χ4n) is 1.74. The van der Waals surface area contributed by atoms with Gasteiger partial charge in [0, 0.05) is 22.3 Å². The van der Waals surface area contributed by atoms with E-state index >= 15 is 0 Å². The van der Waals surface area contributed by atoms with Gasteiger partial charge >= 0.3 is 0 Å². The van der Waals surface area contributed by atoms with Gasteiger partial charge in [0.15, 0.2) is 5.78 Å². The van der Waals surface area contributed by atoms with Crippen LogP contribution in [0, 0.1) is 0 Å². The smallest absolute Gasteiger partial charge is 0.178 e. The minimum absolute atomic E-state index is 0.0543. The summed E-state index contributed by atoms with van der Waals surface area (Å²) in [6, 6.07) is 7.31. The number of hydrogen-bond acceptors (Lipinski definition) is 3. The molecule has 16 heavy (non-hydrogen) atoms. The van der Waals surface area contributed by atoms with E-state index in [9.17, 15) is 4.79 Å². The lowest BCUT2D eigenvalue weighted by Gasteiger charge is -2.26. The molecule has 2 unspecified atom stereocenters. The standard InChI is InChI=1S/C12H13ClOS2/c1-8-12(16-7-6-15-8)11(14)9-4-2-3-5-10(9)13/h2-5,8,12H,6-7H2,1H3. The van der Waals surface area contributed by atoms with Crippen molar-refractivity contribution < 1.29 is 4.79 Å². The Hall–Kier alpha value is -0.120. The summed E-state index contributed by atoms with van der Waals surface area (Å²) in [4.78, 5) is 12.3. The van der Waals surface area contributed by atoms with E-state index in [1.807, 2.05) is 30.0 Å². The van der Waals surface area contributed by atoms with Crippen molar-refractivity contribution in [3.05, 3.63) is 34.9 Å². The summed E-state index contributed by atoms with van der Waals surface area (Å²) >= 11 is 9.67. The second kappa shape index (κ2) is 5.48. The first-order valence-electron chi connectivity index (χ1n) is 5.22. The number of benzene rings is 1. The molecule has 2 atom stereocenters. The molecule has 1 fully saturated rings. The monoisotopic (exact) mass is 272 g/mol. The van der Waals surface area contributed by atoms with Gasteiger partial charge in [-0.2, -0.15) is 11.8 Å². The molecular formula is C12H13ClOS2.